The molecule has 0 radical (unpaired) electrons. The van der Waals surface area contributed by atoms with E-state index in [0.29, 0.717) is 18.6 Å². The monoisotopic (exact) mass is 369 g/mol. The molecular formula is C22H27NO4. The SMILES string of the molecule is CC[C@H](Oc1ccc(OC)cc1)C(=O)N[C@@H]1CC(C)(C)Oc2ccccc21. The van der Waals surface area contributed by atoms with Gasteiger partial charge in [0.1, 0.15) is 22.8 Å². The molecule has 0 unspecified atom stereocenters. The maximum absolute atomic E-state index is 12.9. The van der Waals surface area contributed by atoms with Crippen molar-refractivity contribution in [1.29, 1.82) is 0 Å². The van der Waals surface area contributed by atoms with E-state index in [9.17, 15) is 4.79 Å². The van der Waals surface area contributed by atoms with E-state index in [0.717, 1.165) is 17.1 Å². The van der Waals surface area contributed by atoms with E-state index in [1.165, 1.54) is 0 Å². The van der Waals surface area contributed by atoms with Gasteiger partial charge in [0.15, 0.2) is 6.10 Å². The summed E-state index contributed by atoms with van der Waals surface area (Å²) in [5.41, 5.74) is 0.662. The van der Waals surface area contributed by atoms with Crippen molar-refractivity contribution in [2.24, 2.45) is 0 Å². The molecule has 5 nitrogen and oxygen atoms in total. The van der Waals surface area contributed by atoms with Gasteiger partial charge in [0, 0.05) is 12.0 Å². The molecule has 27 heavy (non-hydrogen) atoms. The van der Waals surface area contributed by atoms with Gasteiger partial charge in [0.05, 0.1) is 13.2 Å². The van der Waals surface area contributed by atoms with E-state index in [1.54, 1.807) is 7.11 Å². The molecule has 1 aliphatic heterocycles. The average molecular weight is 369 g/mol. The number of carbonyl (C=O) groups is 1. The van der Waals surface area contributed by atoms with Crippen molar-refractivity contribution in [3.05, 3.63) is 54.1 Å². The van der Waals surface area contributed by atoms with Gasteiger partial charge in [-0.25, -0.2) is 0 Å². The fourth-order valence-corrected chi connectivity index (χ4v) is 3.34. The number of amides is 1. The van der Waals surface area contributed by atoms with Gasteiger partial charge in [-0.15, -0.1) is 0 Å². The minimum atomic E-state index is -0.559. The van der Waals surface area contributed by atoms with Gasteiger partial charge in [-0.1, -0.05) is 25.1 Å². The Morgan fingerprint density at radius 3 is 2.52 bits per heavy atom. The maximum atomic E-state index is 12.9. The molecule has 1 amide bonds. The largest absolute Gasteiger partial charge is 0.497 e. The minimum Gasteiger partial charge on any atom is -0.497 e. The third kappa shape index (κ3) is 4.54. The summed E-state index contributed by atoms with van der Waals surface area (Å²) >= 11 is 0. The van der Waals surface area contributed by atoms with Crippen molar-refractivity contribution in [2.45, 2.75) is 51.4 Å². The molecule has 3 rings (SSSR count). The molecule has 0 spiro atoms. The predicted molar refractivity (Wildman–Crippen MR) is 104 cm³/mol. The molecule has 0 saturated carbocycles. The number of methoxy groups -OCH3 is 1. The fourth-order valence-electron chi connectivity index (χ4n) is 3.34. The first-order chi connectivity index (χ1) is 12.9. The third-order valence-corrected chi connectivity index (χ3v) is 4.69. The van der Waals surface area contributed by atoms with E-state index < -0.39 is 6.10 Å². The Bertz CT molecular complexity index is 785. The van der Waals surface area contributed by atoms with Crippen LogP contribution in [0.15, 0.2) is 48.5 Å². The number of hydrogen-bond acceptors (Lipinski definition) is 4. The number of benzene rings is 2. The second-order valence-corrected chi connectivity index (χ2v) is 7.36. The van der Waals surface area contributed by atoms with Gasteiger partial charge < -0.3 is 19.5 Å². The zero-order valence-corrected chi connectivity index (χ0v) is 16.3. The standard InChI is InChI=1S/C22H27NO4/c1-5-19(26-16-12-10-15(25-4)11-13-16)21(24)23-18-14-22(2,3)27-20-9-7-6-8-17(18)20/h6-13,18-19H,5,14H2,1-4H3,(H,23,24)/t18-,19+/m1/s1. The molecule has 0 fully saturated rings. The summed E-state index contributed by atoms with van der Waals surface area (Å²) in [6.07, 6.45) is 0.720. The van der Waals surface area contributed by atoms with Crippen molar-refractivity contribution in [1.82, 2.24) is 5.32 Å². The molecule has 144 valence electrons. The summed E-state index contributed by atoms with van der Waals surface area (Å²) in [5.74, 6) is 2.10. The molecular weight excluding hydrogens is 342 g/mol. The predicted octanol–water partition coefficient (Wildman–Crippen LogP) is 4.27. The molecule has 0 aliphatic carbocycles. The summed E-state index contributed by atoms with van der Waals surface area (Å²) in [6, 6.07) is 15.0. The molecule has 5 heteroatoms. The van der Waals surface area contributed by atoms with Crippen molar-refractivity contribution >= 4 is 5.91 Å². The van der Waals surface area contributed by atoms with Crippen LogP contribution >= 0.6 is 0 Å². The highest BCUT2D eigenvalue weighted by Crippen LogP contribution is 2.39. The Labute approximate surface area is 160 Å². The Balaban J connectivity index is 1.72. The Morgan fingerprint density at radius 2 is 1.85 bits per heavy atom. The van der Waals surface area contributed by atoms with Gasteiger partial charge >= 0.3 is 0 Å². The van der Waals surface area contributed by atoms with Gasteiger partial charge in [0.2, 0.25) is 0 Å². The first-order valence-corrected chi connectivity index (χ1v) is 9.31. The Morgan fingerprint density at radius 1 is 1.19 bits per heavy atom. The Kier molecular flexibility index (Phi) is 5.59. The number of nitrogens with one attached hydrogen (secondary N) is 1. The van der Waals surface area contributed by atoms with Crippen LogP contribution in [0.5, 0.6) is 17.2 Å². The second kappa shape index (κ2) is 7.91. The highest BCUT2D eigenvalue weighted by Gasteiger charge is 2.35. The highest BCUT2D eigenvalue weighted by atomic mass is 16.5. The second-order valence-electron chi connectivity index (χ2n) is 7.36. The van der Waals surface area contributed by atoms with E-state index in [2.05, 4.69) is 5.32 Å². The van der Waals surface area contributed by atoms with Crippen LogP contribution in [0.2, 0.25) is 0 Å². The minimum absolute atomic E-state index is 0.106. The molecule has 1 aliphatic rings. The third-order valence-electron chi connectivity index (χ3n) is 4.69. The molecule has 0 saturated heterocycles. The molecule has 1 N–H and O–H groups in total. The lowest BCUT2D eigenvalue weighted by molar-refractivity contribution is -0.129. The van der Waals surface area contributed by atoms with E-state index >= 15 is 0 Å². The zero-order valence-electron chi connectivity index (χ0n) is 16.3. The maximum Gasteiger partial charge on any atom is 0.261 e. The number of para-hydroxylation sites is 1. The lowest BCUT2D eigenvalue weighted by Crippen LogP contribution is -2.45. The van der Waals surface area contributed by atoms with Gasteiger partial charge in [-0.3, -0.25) is 4.79 Å². The Hall–Kier alpha value is -2.69. The zero-order chi connectivity index (χ0) is 19.4. The summed E-state index contributed by atoms with van der Waals surface area (Å²) in [5, 5.41) is 3.16. The summed E-state index contributed by atoms with van der Waals surface area (Å²) < 4.78 is 17.1. The van der Waals surface area contributed by atoms with Crippen molar-refractivity contribution in [3.63, 3.8) is 0 Å². The van der Waals surface area contributed by atoms with Gasteiger partial charge in [-0.2, -0.15) is 0 Å². The summed E-state index contributed by atoms with van der Waals surface area (Å²) in [4.78, 5) is 12.9. The van der Waals surface area contributed by atoms with E-state index in [4.69, 9.17) is 14.2 Å². The number of ether oxygens (including phenoxy) is 3. The molecule has 0 aromatic heterocycles. The number of fused-ring (bicyclic) bond motifs is 1. The average Bonchev–Trinajstić information content (AvgIpc) is 2.65. The smallest absolute Gasteiger partial charge is 0.261 e. The topological polar surface area (TPSA) is 56.8 Å². The molecule has 2 aromatic rings. The van der Waals surface area contributed by atoms with Crippen LogP contribution in [-0.2, 0) is 4.79 Å². The van der Waals surface area contributed by atoms with Gasteiger partial charge in [0.25, 0.3) is 5.91 Å². The molecule has 1 heterocycles. The normalized spacial score (nSPS) is 18.6. The highest BCUT2D eigenvalue weighted by molar-refractivity contribution is 5.81. The van der Waals surface area contributed by atoms with Crippen molar-refractivity contribution in [3.8, 4) is 17.2 Å². The van der Waals surface area contributed by atoms with Crippen LogP contribution in [0.1, 0.15) is 45.2 Å². The van der Waals surface area contributed by atoms with Crippen molar-refractivity contribution in [2.75, 3.05) is 7.11 Å². The van der Waals surface area contributed by atoms with Gasteiger partial charge in [-0.05, 0) is 50.6 Å². The first kappa shape index (κ1) is 19.1. The van der Waals surface area contributed by atoms with Crippen LogP contribution in [0, 0.1) is 0 Å². The van der Waals surface area contributed by atoms with E-state index in [-0.39, 0.29) is 17.6 Å². The van der Waals surface area contributed by atoms with Crippen LogP contribution in [0.4, 0.5) is 0 Å². The van der Waals surface area contributed by atoms with E-state index in [1.807, 2.05) is 69.3 Å². The summed E-state index contributed by atoms with van der Waals surface area (Å²) in [6.45, 7) is 6.01. The lowest BCUT2D eigenvalue weighted by Gasteiger charge is -2.38. The van der Waals surface area contributed by atoms with Crippen LogP contribution in [0.3, 0.4) is 0 Å². The number of hydrogen-bond donors (Lipinski definition) is 1. The fraction of sp³-hybridized carbons (Fsp3) is 0.409. The quantitative estimate of drug-likeness (QED) is 0.826. The molecule has 0 bridgehead atoms. The first-order valence-electron chi connectivity index (χ1n) is 9.31. The van der Waals surface area contributed by atoms with Crippen molar-refractivity contribution < 1.29 is 19.0 Å². The van der Waals surface area contributed by atoms with Crippen LogP contribution in [-0.4, -0.2) is 24.7 Å². The number of carbonyl (C=O) groups excluding carboxylic acids is 1. The summed E-state index contributed by atoms with van der Waals surface area (Å²) in [7, 11) is 1.62. The van der Waals surface area contributed by atoms with Crippen LogP contribution < -0.4 is 19.5 Å². The number of rotatable bonds is 6. The molecule has 2 aromatic carbocycles. The molecule has 2 atom stereocenters. The lowest BCUT2D eigenvalue weighted by atomic mass is 9.89. The van der Waals surface area contributed by atoms with Crippen LogP contribution in [0.25, 0.3) is 0 Å².